The predicted octanol–water partition coefficient (Wildman–Crippen LogP) is 3.33. The summed E-state index contributed by atoms with van der Waals surface area (Å²) in [6, 6.07) is 9.99. The molecular formula is C14H8BrN5. The van der Waals surface area contributed by atoms with Gasteiger partial charge >= 0.3 is 0 Å². The van der Waals surface area contributed by atoms with Crippen molar-refractivity contribution in [2.45, 2.75) is 0 Å². The molecule has 4 aromatic rings. The lowest BCUT2D eigenvalue weighted by Gasteiger charge is -2.00. The first kappa shape index (κ1) is 11.5. The molecule has 0 atom stereocenters. The van der Waals surface area contributed by atoms with Crippen molar-refractivity contribution in [2.24, 2.45) is 0 Å². The maximum Gasteiger partial charge on any atom is 0.181 e. The van der Waals surface area contributed by atoms with Gasteiger partial charge in [-0.25, -0.2) is 19.9 Å². The second-order valence-electron chi connectivity index (χ2n) is 4.38. The summed E-state index contributed by atoms with van der Waals surface area (Å²) in [5.74, 6) is 0.697. The summed E-state index contributed by atoms with van der Waals surface area (Å²) in [6.45, 7) is 0. The first-order valence-corrected chi connectivity index (χ1v) is 6.81. The third-order valence-corrected chi connectivity index (χ3v) is 3.55. The van der Waals surface area contributed by atoms with Gasteiger partial charge in [-0.05, 0) is 18.2 Å². The molecule has 1 N–H and O–H groups in total. The highest BCUT2D eigenvalue weighted by Gasteiger charge is 2.08. The number of pyridine rings is 1. The van der Waals surface area contributed by atoms with Crippen LogP contribution in [0.3, 0.4) is 0 Å². The Labute approximate surface area is 122 Å². The molecule has 0 fully saturated rings. The Kier molecular flexibility index (Phi) is 2.50. The fraction of sp³-hybridized carbons (Fsp3) is 0. The molecule has 0 aliphatic heterocycles. The minimum absolute atomic E-state index is 0.645. The van der Waals surface area contributed by atoms with E-state index in [1.807, 2.05) is 30.3 Å². The van der Waals surface area contributed by atoms with Crippen LogP contribution >= 0.6 is 15.9 Å². The van der Waals surface area contributed by atoms with Crippen molar-refractivity contribution in [3.8, 4) is 11.5 Å². The molecule has 3 aromatic heterocycles. The summed E-state index contributed by atoms with van der Waals surface area (Å²) < 4.78 is 1.00. The van der Waals surface area contributed by atoms with E-state index in [0.29, 0.717) is 11.5 Å². The molecule has 0 spiro atoms. The molecule has 3 heterocycles. The van der Waals surface area contributed by atoms with Crippen LogP contribution in [0.4, 0.5) is 0 Å². The van der Waals surface area contributed by atoms with Gasteiger partial charge in [0.1, 0.15) is 17.5 Å². The summed E-state index contributed by atoms with van der Waals surface area (Å²) in [7, 11) is 0. The van der Waals surface area contributed by atoms with Gasteiger partial charge in [0.2, 0.25) is 0 Å². The summed E-state index contributed by atoms with van der Waals surface area (Å²) in [5, 5.41) is 1.09. The van der Waals surface area contributed by atoms with Gasteiger partial charge in [-0.3, -0.25) is 0 Å². The van der Waals surface area contributed by atoms with Crippen LogP contribution in [-0.2, 0) is 0 Å². The summed E-state index contributed by atoms with van der Waals surface area (Å²) in [5.41, 5.74) is 3.15. The van der Waals surface area contributed by atoms with Gasteiger partial charge in [0.15, 0.2) is 11.5 Å². The largest absolute Gasteiger partial charge is 0.334 e. The average molecular weight is 326 g/mol. The zero-order valence-corrected chi connectivity index (χ0v) is 11.8. The van der Waals surface area contributed by atoms with Crippen LogP contribution in [0.1, 0.15) is 0 Å². The normalized spacial score (nSPS) is 11.2. The molecule has 0 saturated carbocycles. The lowest BCUT2D eigenvalue weighted by atomic mass is 10.2. The molecule has 0 unspecified atom stereocenters. The fourth-order valence-electron chi connectivity index (χ4n) is 2.11. The maximum atomic E-state index is 4.63. The smallest absolute Gasteiger partial charge is 0.181 e. The predicted molar refractivity (Wildman–Crippen MR) is 80.1 cm³/mol. The molecule has 20 heavy (non-hydrogen) atoms. The quantitative estimate of drug-likeness (QED) is 0.583. The molecular weight excluding hydrogens is 318 g/mol. The molecule has 5 nitrogen and oxygen atoms in total. The summed E-state index contributed by atoms with van der Waals surface area (Å²) >= 11 is 3.46. The SMILES string of the molecule is Brc1ccc2ccc(-c3nc4ncncc4[nH]3)nc2c1. The van der Waals surface area contributed by atoms with Gasteiger partial charge in [0.25, 0.3) is 0 Å². The maximum absolute atomic E-state index is 4.63. The van der Waals surface area contributed by atoms with Crippen LogP contribution in [0.25, 0.3) is 33.6 Å². The molecule has 1 aromatic carbocycles. The number of fused-ring (bicyclic) bond motifs is 2. The first-order chi connectivity index (χ1) is 9.79. The second kappa shape index (κ2) is 4.35. The van der Waals surface area contributed by atoms with Crippen molar-refractivity contribution in [3.63, 3.8) is 0 Å². The van der Waals surface area contributed by atoms with Crippen molar-refractivity contribution in [3.05, 3.63) is 47.3 Å². The number of halogens is 1. The van der Waals surface area contributed by atoms with Crippen LogP contribution in [0, 0.1) is 0 Å². The van der Waals surface area contributed by atoms with Gasteiger partial charge in [0, 0.05) is 9.86 Å². The minimum atomic E-state index is 0.645. The molecule has 0 aliphatic rings. The zero-order chi connectivity index (χ0) is 13.5. The summed E-state index contributed by atoms with van der Waals surface area (Å²) in [6.07, 6.45) is 3.19. The van der Waals surface area contributed by atoms with E-state index in [0.717, 1.165) is 26.6 Å². The van der Waals surface area contributed by atoms with Crippen LogP contribution in [0.5, 0.6) is 0 Å². The van der Waals surface area contributed by atoms with Crippen molar-refractivity contribution in [2.75, 3.05) is 0 Å². The molecule has 4 rings (SSSR count). The van der Waals surface area contributed by atoms with Crippen molar-refractivity contribution >= 4 is 38.0 Å². The number of aromatic nitrogens is 5. The molecule has 0 bridgehead atoms. The minimum Gasteiger partial charge on any atom is -0.334 e. The number of aromatic amines is 1. The Hall–Kier alpha value is -2.34. The number of nitrogens with one attached hydrogen (secondary N) is 1. The fourth-order valence-corrected chi connectivity index (χ4v) is 2.45. The van der Waals surface area contributed by atoms with Gasteiger partial charge in [-0.1, -0.05) is 28.1 Å². The van der Waals surface area contributed by atoms with E-state index in [2.05, 4.69) is 40.8 Å². The number of H-pyrrole nitrogens is 1. The van der Waals surface area contributed by atoms with Gasteiger partial charge in [0.05, 0.1) is 11.7 Å². The first-order valence-electron chi connectivity index (χ1n) is 6.02. The number of benzene rings is 1. The van der Waals surface area contributed by atoms with E-state index in [-0.39, 0.29) is 0 Å². The van der Waals surface area contributed by atoms with E-state index >= 15 is 0 Å². The Bertz CT molecular complexity index is 898. The lowest BCUT2D eigenvalue weighted by molar-refractivity contribution is 1.20. The third-order valence-electron chi connectivity index (χ3n) is 3.06. The number of nitrogens with zero attached hydrogens (tertiary/aromatic N) is 4. The second-order valence-corrected chi connectivity index (χ2v) is 5.29. The average Bonchev–Trinajstić information content (AvgIpc) is 2.90. The number of hydrogen-bond donors (Lipinski definition) is 1. The van der Waals surface area contributed by atoms with E-state index in [1.54, 1.807) is 6.20 Å². The Balaban J connectivity index is 1.92. The zero-order valence-electron chi connectivity index (χ0n) is 10.2. The number of rotatable bonds is 1. The van der Waals surface area contributed by atoms with Gasteiger partial charge in [-0.15, -0.1) is 0 Å². The Morgan fingerprint density at radius 2 is 1.95 bits per heavy atom. The Morgan fingerprint density at radius 1 is 1.05 bits per heavy atom. The van der Waals surface area contributed by atoms with Crippen LogP contribution in [0.15, 0.2) is 47.3 Å². The molecule has 0 radical (unpaired) electrons. The standard InChI is InChI=1S/C14H8BrN5/c15-9-3-1-8-2-4-10(18-11(8)5-9)14-19-12-6-16-7-17-13(12)20-14/h1-7H,(H,16,17,19,20). The monoisotopic (exact) mass is 325 g/mol. The molecule has 6 heteroatoms. The van der Waals surface area contributed by atoms with Crippen LogP contribution in [0.2, 0.25) is 0 Å². The summed E-state index contributed by atoms with van der Waals surface area (Å²) in [4.78, 5) is 20.3. The van der Waals surface area contributed by atoms with Crippen molar-refractivity contribution in [1.29, 1.82) is 0 Å². The highest BCUT2D eigenvalue weighted by molar-refractivity contribution is 9.10. The van der Waals surface area contributed by atoms with E-state index in [9.17, 15) is 0 Å². The van der Waals surface area contributed by atoms with Crippen LogP contribution in [-0.4, -0.2) is 24.9 Å². The topological polar surface area (TPSA) is 67.3 Å². The number of imidazole rings is 1. The highest BCUT2D eigenvalue weighted by Crippen LogP contribution is 2.22. The third kappa shape index (κ3) is 1.85. The van der Waals surface area contributed by atoms with Crippen molar-refractivity contribution < 1.29 is 0 Å². The lowest BCUT2D eigenvalue weighted by Crippen LogP contribution is -1.87. The van der Waals surface area contributed by atoms with Crippen LogP contribution < -0.4 is 0 Å². The molecule has 0 saturated heterocycles. The molecule has 0 aliphatic carbocycles. The van der Waals surface area contributed by atoms with E-state index < -0.39 is 0 Å². The van der Waals surface area contributed by atoms with Gasteiger partial charge in [-0.2, -0.15) is 0 Å². The highest BCUT2D eigenvalue weighted by atomic mass is 79.9. The van der Waals surface area contributed by atoms with Gasteiger partial charge < -0.3 is 4.98 Å². The molecule has 96 valence electrons. The van der Waals surface area contributed by atoms with Crippen molar-refractivity contribution in [1.82, 2.24) is 24.9 Å². The van der Waals surface area contributed by atoms with E-state index in [1.165, 1.54) is 6.33 Å². The Morgan fingerprint density at radius 3 is 2.85 bits per heavy atom. The number of hydrogen-bond acceptors (Lipinski definition) is 4. The van der Waals surface area contributed by atoms with E-state index in [4.69, 9.17) is 0 Å². The molecule has 0 amide bonds.